The summed E-state index contributed by atoms with van der Waals surface area (Å²) in [5.74, 6) is -4.26. The highest BCUT2D eigenvalue weighted by molar-refractivity contribution is 5.42. The van der Waals surface area contributed by atoms with Crippen LogP contribution in [0.5, 0.6) is 23.0 Å². The van der Waals surface area contributed by atoms with Crippen molar-refractivity contribution in [2.24, 2.45) is 0 Å². The van der Waals surface area contributed by atoms with E-state index in [1.54, 1.807) is 0 Å². The molecule has 1 aliphatic rings. The predicted octanol–water partition coefficient (Wildman–Crippen LogP) is 2.45. The first-order valence-electron chi connectivity index (χ1n) is 8.19. The maximum Gasteiger partial charge on any atom is 0.194 e. The second-order valence-corrected chi connectivity index (χ2v) is 6.49. The smallest absolute Gasteiger partial charge is 0.194 e. The lowest BCUT2D eigenvalue weighted by Gasteiger charge is -2.35. The SMILES string of the molecule is Oc1cc(CN2CCCN(Cc3cc(O)c(O)c(F)c3)C2)cc(F)c1O. The Hall–Kier alpha value is -2.58. The summed E-state index contributed by atoms with van der Waals surface area (Å²) in [6.45, 7) is 2.85. The summed E-state index contributed by atoms with van der Waals surface area (Å²) in [5.41, 5.74) is 1.07. The number of rotatable bonds is 4. The average Bonchev–Trinajstić information content (AvgIpc) is 2.58. The minimum Gasteiger partial charge on any atom is -0.504 e. The quantitative estimate of drug-likeness (QED) is 0.622. The minimum absolute atomic E-state index is 0.385. The lowest BCUT2D eigenvalue weighted by atomic mass is 10.1. The third-order valence-corrected chi connectivity index (χ3v) is 4.37. The number of nitrogens with zero attached hydrogens (tertiary/aromatic N) is 2. The molecule has 1 aliphatic heterocycles. The van der Waals surface area contributed by atoms with Gasteiger partial charge in [0.15, 0.2) is 34.6 Å². The van der Waals surface area contributed by atoms with Crippen LogP contribution in [-0.4, -0.2) is 50.0 Å². The highest BCUT2D eigenvalue weighted by Gasteiger charge is 2.20. The predicted molar refractivity (Wildman–Crippen MR) is 89.8 cm³/mol. The fourth-order valence-electron chi connectivity index (χ4n) is 3.18. The monoisotopic (exact) mass is 366 g/mol. The zero-order chi connectivity index (χ0) is 18.8. The molecule has 0 atom stereocenters. The van der Waals surface area contributed by atoms with E-state index in [4.69, 9.17) is 0 Å². The summed E-state index contributed by atoms with van der Waals surface area (Å²) in [4.78, 5) is 4.07. The van der Waals surface area contributed by atoms with Crippen LogP contribution in [0.3, 0.4) is 0 Å². The van der Waals surface area contributed by atoms with Crippen LogP contribution >= 0.6 is 0 Å². The molecule has 0 aliphatic carbocycles. The van der Waals surface area contributed by atoms with Gasteiger partial charge in [-0.1, -0.05) is 0 Å². The van der Waals surface area contributed by atoms with Gasteiger partial charge in [-0.3, -0.25) is 9.80 Å². The number of phenolic OH excluding ortho intramolecular Hbond substituents is 4. The highest BCUT2D eigenvalue weighted by Crippen LogP contribution is 2.31. The zero-order valence-corrected chi connectivity index (χ0v) is 14.0. The molecule has 26 heavy (non-hydrogen) atoms. The number of halogens is 2. The number of aromatic hydroxyl groups is 4. The number of hydrogen-bond acceptors (Lipinski definition) is 6. The van der Waals surface area contributed by atoms with Crippen molar-refractivity contribution in [3.63, 3.8) is 0 Å². The standard InChI is InChI=1S/C18H20F2N2O4/c19-13-4-11(6-15(23)17(13)25)8-21-2-1-3-22(10-21)9-12-5-14(20)18(26)16(24)7-12/h4-7,23-26H,1-3,8-10H2. The first-order valence-corrected chi connectivity index (χ1v) is 8.19. The van der Waals surface area contributed by atoms with Crippen molar-refractivity contribution in [1.82, 2.24) is 9.80 Å². The van der Waals surface area contributed by atoms with Crippen LogP contribution in [0.1, 0.15) is 17.5 Å². The van der Waals surface area contributed by atoms with E-state index in [1.165, 1.54) is 24.3 Å². The molecule has 1 heterocycles. The molecule has 0 saturated carbocycles. The van der Waals surface area contributed by atoms with Gasteiger partial charge in [-0.25, -0.2) is 8.78 Å². The van der Waals surface area contributed by atoms with E-state index in [0.29, 0.717) is 30.9 Å². The van der Waals surface area contributed by atoms with Gasteiger partial charge < -0.3 is 20.4 Å². The topological polar surface area (TPSA) is 87.4 Å². The van der Waals surface area contributed by atoms with Crippen LogP contribution in [0.25, 0.3) is 0 Å². The average molecular weight is 366 g/mol. The third kappa shape index (κ3) is 3.97. The molecular formula is C18H20F2N2O4. The van der Waals surface area contributed by atoms with Crippen LogP contribution in [0, 0.1) is 11.6 Å². The maximum atomic E-state index is 13.5. The lowest BCUT2D eigenvalue weighted by molar-refractivity contribution is 0.0743. The van der Waals surface area contributed by atoms with Gasteiger partial charge in [0.2, 0.25) is 0 Å². The van der Waals surface area contributed by atoms with Crippen molar-refractivity contribution in [1.29, 1.82) is 0 Å². The molecule has 1 saturated heterocycles. The summed E-state index contributed by atoms with van der Waals surface area (Å²) >= 11 is 0. The first-order chi connectivity index (χ1) is 12.3. The van der Waals surface area contributed by atoms with Gasteiger partial charge in [-0.05, 0) is 41.8 Å². The van der Waals surface area contributed by atoms with E-state index in [1.807, 2.05) is 9.80 Å². The van der Waals surface area contributed by atoms with Crippen LogP contribution in [0.2, 0.25) is 0 Å². The molecule has 3 rings (SSSR count). The Morgan fingerprint density at radius 3 is 1.54 bits per heavy atom. The van der Waals surface area contributed by atoms with Crippen molar-refractivity contribution in [3.05, 3.63) is 47.0 Å². The van der Waals surface area contributed by atoms with Crippen molar-refractivity contribution >= 4 is 0 Å². The fourth-order valence-corrected chi connectivity index (χ4v) is 3.18. The molecule has 0 aromatic heterocycles. The Bertz CT molecular complexity index is 704. The number of phenols is 4. The van der Waals surface area contributed by atoms with Gasteiger partial charge in [0.05, 0.1) is 6.67 Å². The second kappa shape index (κ2) is 7.35. The molecule has 2 aromatic carbocycles. The zero-order valence-electron chi connectivity index (χ0n) is 14.0. The molecule has 0 unspecified atom stereocenters. The molecule has 0 bridgehead atoms. The summed E-state index contributed by atoms with van der Waals surface area (Å²) in [6.07, 6.45) is 0.846. The minimum atomic E-state index is -0.871. The molecule has 1 fully saturated rings. The summed E-state index contributed by atoms with van der Waals surface area (Å²) in [5, 5.41) is 37.6. The first kappa shape index (κ1) is 18.2. The van der Waals surface area contributed by atoms with Gasteiger partial charge in [-0.15, -0.1) is 0 Å². The highest BCUT2D eigenvalue weighted by atomic mass is 19.1. The molecule has 0 radical (unpaired) electrons. The Kier molecular flexibility index (Phi) is 5.15. The van der Waals surface area contributed by atoms with Gasteiger partial charge in [-0.2, -0.15) is 0 Å². The van der Waals surface area contributed by atoms with Gasteiger partial charge in [0.25, 0.3) is 0 Å². The van der Waals surface area contributed by atoms with Gasteiger partial charge >= 0.3 is 0 Å². The summed E-state index contributed by atoms with van der Waals surface area (Å²) in [7, 11) is 0. The van der Waals surface area contributed by atoms with Crippen LogP contribution in [0.4, 0.5) is 8.78 Å². The van der Waals surface area contributed by atoms with E-state index >= 15 is 0 Å². The lowest BCUT2D eigenvalue weighted by Crippen LogP contribution is -2.43. The molecule has 2 aromatic rings. The largest absolute Gasteiger partial charge is 0.504 e. The maximum absolute atomic E-state index is 13.5. The third-order valence-electron chi connectivity index (χ3n) is 4.37. The molecule has 0 spiro atoms. The fraction of sp³-hybridized carbons (Fsp3) is 0.333. The molecular weight excluding hydrogens is 346 g/mol. The Balaban J connectivity index is 1.66. The molecule has 140 valence electrons. The Morgan fingerprint density at radius 1 is 0.731 bits per heavy atom. The van der Waals surface area contributed by atoms with Crippen molar-refractivity contribution in [2.45, 2.75) is 19.5 Å². The number of hydrogen-bond donors (Lipinski definition) is 4. The van der Waals surface area contributed by atoms with Crippen molar-refractivity contribution in [3.8, 4) is 23.0 Å². The molecule has 8 heteroatoms. The molecule has 4 N–H and O–H groups in total. The Labute approximate surface area is 149 Å². The van der Waals surface area contributed by atoms with Gasteiger partial charge in [0.1, 0.15) is 0 Å². The number of benzene rings is 2. The Morgan fingerprint density at radius 2 is 1.15 bits per heavy atom. The molecule has 0 amide bonds. The molecule has 6 nitrogen and oxygen atoms in total. The van der Waals surface area contributed by atoms with E-state index < -0.39 is 34.6 Å². The van der Waals surface area contributed by atoms with Crippen molar-refractivity contribution < 1.29 is 29.2 Å². The van der Waals surface area contributed by atoms with Crippen LogP contribution in [-0.2, 0) is 13.1 Å². The van der Waals surface area contributed by atoms with E-state index in [9.17, 15) is 29.2 Å². The van der Waals surface area contributed by atoms with Crippen molar-refractivity contribution in [2.75, 3.05) is 19.8 Å². The summed E-state index contributed by atoms with van der Waals surface area (Å²) in [6, 6.07) is 5.01. The van der Waals surface area contributed by atoms with Gasteiger partial charge in [0, 0.05) is 26.2 Å². The van der Waals surface area contributed by atoms with E-state index in [2.05, 4.69) is 0 Å². The van der Waals surface area contributed by atoms with E-state index in [0.717, 1.165) is 19.5 Å². The summed E-state index contributed by atoms with van der Waals surface area (Å²) < 4.78 is 27.1. The van der Waals surface area contributed by atoms with Crippen LogP contribution < -0.4 is 0 Å². The van der Waals surface area contributed by atoms with E-state index in [-0.39, 0.29) is 0 Å². The second-order valence-electron chi connectivity index (χ2n) is 6.49. The van der Waals surface area contributed by atoms with Crippen LogP contribution in [0.15, 0.2) is 24.3 Å². The normalized spacial score (nSPS) is 16.1.